The maximum atomic E-state index is 9.38. The number of aliphatic hydroxyl groups excluding tert-OH is 1. The van der Waals surface area contributed by atoms with Gasteiger partial charge in [0.2, 0.25) is 0 Å². The van der Waals surface area contributed by atoms with E-state index in [1.165, 1.54) is 5.69 Å². The van der Waals surface area contributed by atoms with Gasteiger partial charge in [-0.15, -0.1) is 11.8 Å². The van der Waals surface area contributed by atoms with Crippen LogP contribution >= 0.6 is 11.8 Å². The first kappa shape index (κ1) is 12.6. The van der Waals surface area contributed by atoms with Crippen molar-refractivity contribution in [1.82, 2.24) is 9.78 Å². The average Bonchev–Trinajstić information content (AvgIpc) is 2.55. The molecule has 1 aromatic rings. The average molecular weight is 228 g/mol. The zero-order chi connectivity index (χ0) is 11.4. The minimum absolute atomic E-state index is 0.256. The van der Waals surface area contributed by atoms with Gasteiger partial charge in [-0.2, -0.15) is 5.10 Å². The van der Waals surface area contributed by atoms with Crippen LogP contribution in [0, 0.1) is 0 Å². The normalized spacial score (nSPS) is 15.3. The lowest BCUT2D eigenvalue weighted by atomic mass is 10.3. The molecular formula is C11H20N2OS. The molecule has 1 rings (SSSR count). The van der Waals surface area contributed by atoms with Gasteiger partial charge >= 0.3 is 0 Å². The number of thioether (sulfide) groups is 1. The molecule has 0 saturated carbocycles. The van der Waals surface area contributed by atoms with Crippen molar-refractivity contribution in [3.05, 3.63) is 17.5 Å². The second-order valence-electron chi connectivity index (χ2n) is 3.86. The topological polar surface area (TPSA) is 38.0 Å². The van der Waals surface area contributed by atoms with Gasteiger partial charge < -0.3 is 5.11 Å². The molecule has 0 aromatic carbocycles. The molecule has 0 saturated heterocycles. The number of hydrogen-bond donors (Lipinski definition) is 1. The van der Waals surface area contributed by atoms with Gasteiger partial charge in [-0.05, 0) is 19.4 Å². The van der Waals surface area contributed by atoms with Crippen LogP contribution in [0.4, 0.5) is 0 Å². The van der Waals surface area contributed by atoms with Crippen LogP contribution in [0.5, 0.6) is 0 Å². The Bertz CT molecular complexity index is 310. The number of hydrogen-bond acceptors (Lipinski definition) is 3. The Labute approximate surface area is 95.9 Å². The molecule has 15 heavy (non-hydrogen) atoms. The van der Waals surface area contributed by atoms with Crippen molar-refractivity contribution < 1.29 is 5.11 Å². The monoisotopic (exact) mass is 228 g/mol. The van der Waals surface area contributed by atoms with Crippen LogP contribution in [0.3, 0.4) is 0 Å². The van der Waals surface area contributed by atoms with Crippen LogP contribution in [0.15, 0.2) is 6.07 Å². The lowest BCUT2D eigenvalue weighted by Crippen LogP contribution is -2.15. The molecule has 1 heterocycles. The van der Waals surface area contributed by atoms with Gasteiger partial charge in [0.05, 0.1) is 11.8 Å². The smallest absolute Gasteiger partial charge is 0.0628 e. The van der Waals surface area contributed by atoms with Crippen LogP contribution in [0.1, 0.15) is 32.2 Å². The van der Waals surface area contributed by atoms with Crippen molar-refractivity contribution in [3.8, 4) is 0 Å². The van der Waals surface area contributed by atoms with Gasteiger partial charge in [0.15, 0.2) is 0 Å². The Kier molecular flexibility index (Phi) is 4.67. The van der Waals surface area contributed by atoms with Crippen LogP contribution in [-0.2, 0) is 19.2 Å². The third-order valence-electron chi connectivity index (χ3n) is 2.56. The fraction of sp³-hybridized carbons (Fsp3) is 0.727. The van der Waals surface area contributed by atoms with E-state index in [-0.39, 0.29) is 11.4 Å². The highest BCUT2D eigenvalue weighted by Crippen LogP contribution is 2.20. The molecule has 0 aliphatic carbocycles. The van der Waals surface area contributed by atoms with Gasteiger partial charge in [0.25, 0.3) is 0 Å². The summed E-state index contributed by atoms with van der Waals surface area (Å²) in [5, 5.41) is 14.0. The standard InChI is InChI=1S/C11H20N2OS/c1-5-10-6-11(13(4)12-10)7-15-9(3)8(2)14/h6,8-9,14H,5,7H2,1-4H3. The number of aryl methyl sites for hydroxylation is 2. The quantitative estimate of drug-likeness (QED) is 0.837. The lowest BCUT2D eigenvalue weighted by Gasteiger charge is -2.13. The Balaban J connectivity index is 2.53. The van der Waals surface area contributed by atoms with E-state index in [0.29, 0.717) is 0 Å². The molecule has 0 bridgehead atoms. The Morgan fingerprint density at radius 1 is 1.53 bits per heavy atom. The summed E-state index contributed by atoms with van der Waals surface area (Å²) in [6.07, 6.45) is 0.721. The molecule has 0 spiro atoms. The number of nitrogens with zero attached hydrogens (tertiary/aromatic N) is 2. The summed E-state index contributed by atoms with van der Waals surface area (Å²) in [6.45, 7) is 5.99. The highest BCUT2D eigenvalue weighted by atomic mass is 32.2. The van der Waals surface area contributed by atoms with E-state index >= 15 is 0 Å². The third kappa shape index (κ3) is 3.54. The molecule has 3 nitrogen and oxygen atoms in total. The van der Waals surface area contributed by atoms with Gasteiger partial charge in [-0.25, -0.2) is 0 Å². The van der Waals surface area contributed by atoms with E-state index in [9.17, 15) is 5.11 Å². The first-order valence-electron chi connectivity index (χ1n) is 5.36. The SMILES string of the molecule is CCc1cc(CSC(C)C(C)O)n(C)n1. The second kappa shape index (κ2) is 5.56. The molecule has 0 radical (unpaired) electrons. The van der Waals surface area contributed by atoms with Crippen molar-refractivity contribution in [2.75, 3.05) is 0 Å². The molecular weight excluding hydrogens is 208 g/mol. The van der Waals surface area contributed by atoms with Crippen LogP contribution in [0.25, 0.3) is 0 Å². The Morgan fingerprint density at radius 3 is 2.67 bits per heavy atom. The van der Waals surface area contributed by atoms with Crippen molar-refractivity contribution in [1.29, 1.82) is 0 Å². The summed E-state index contributed by atoms with van der Waals surface area (Å²) < 4.78 is 1.93. The van der Waals surface area contributed by atoms with E-state index in [4.69, 9.17) is 0 Å². The highest BCUT2D eigenvalue weighted by molar-refractivity contribution is 7.99. The predicted molar refractivity (Wildman–Crippen MR) is 65.0 cm³/mol. The fourth-order valence-electron chi connectivity index (χ4n) is 1.24. The van der Waals surface area contributed by atoms with Gasteiger partial charge in [0.1, 0.15) is 0 Å². The minimum Gasteiger partial charge on any atom is -0.392 e. The van der Waals surface area contributed by atoms with E-state index < -0.39 is 0 Å². The fourth-order valence-corrected chi connectivity index (χ4v) is 2.22. The molecule has 0 aliphatic rings. The minimum atomic E-state index is -0.256. The highest BCUT2D eigenvalue weighted by Gasteiger charge is 2.11. The maximum absolute atomic E-state index is 9.38. The largest absolute Gasteiger partial charge is 0.392 e. The number of aliphatic hydroxyl groups is 1. The summed E-state index contributed by atoms with van der Waals surface area (Å²) in [5.74, 6) is 0.912. The van der Waals surface area contributed by atoms with Crippen molar-refractivity contribution in [3.63, 3.8) is 0 Å². The van der Waals surface area contributed by atoms with Crippen molar-refractivity contribution >= 4 is 11.8 Å². The second-order valence-corrected chi connectivity index (χ2v) is 5.23. The van der Waals surface area contributed by atoms with Crippen LogP contribution < -0.4 is 0 Å². The van der Waals surface area contributed by atoms with E-state index in [1.807, 2.05) is 25.6 Å². The van der Waals surface area contributed by atoms with Gasteiger partial charge in [-0.1, -0.05) is 13.8 Å². The van der Waals surface area contributed by atoms with Crippen LogP contribution in [0.2, 0.25) is 0 Å². The molecule has 0 fully saturated rings. The third-order valence-corrected chi connectivity index (χ3v) is 3.95. The molecule has 1 aromatic heterocycles. The molecule has 2 atom stereocenters. The van der Waals surface area contributed by atoms with Gasteiger partial charge in [0, 0.05) is 23.7 Å². The Hall–Kier alpha value is -0.480. The zero-order valence-electron chi connectivity index (χ0n) is 9.90. The zero-order valence-corrected chi connectivity index (χ0v) is 10.7. The molecule has 0 amide bonds. The van der Waals surface area contributed by atoms with E-state index in [2.05, 4.69) is 18.1 Å². The summed E-state index contributed by atoms with van der Waals surface area (Å²) in [5.41, 5.74) is 2.36. The molecule has 1 N–H and O–H groups in total. The van der Waals surface area contributed by atoms with Gasteiger partial charge in [-0.3, -0.25) is 4.68 Å². The molecule has 4 heteroatoms. The Morgan fingerprint density at radius 2 is 2.20 bits per heavy atom. The van der Waals surface area contributed by atoms with E-state index in [1.54, 1.807) is 11.8 Å². The number of aromatic nitrogens is 2. The number of rotatable bonds is 5. The molecule has 2 unspecified atom stereocenters. The summed E-state index contributed by atoms with van der Waals surface area (Å²) in [4.78, 5) is 0. The predicted octanol–water partition coefficient (Wildman–Crippen LogP) is 1.98. The lowest BCUT2D eigenvalue weighted by molar-refractivity contribution is 0.196. The first-order valence-corrected chi connectivity index (χ1v) is 6.41. The van der Waals surface area contributed by atoms with Crippen molar-refractivity contribution in [2.45, 2.75) is 44.3 Å². The first-order chi connectivity index (χ1) is 7.04. The van der Waals surface area contributed by atoms with Crippen molar-refractivity contribution in [2.24, 2.45) is 7.05 Å². The maximum Gasteiger partial charge on any atom is 0.0628 e. The molecule has 86 valence electrons. The molecule has 0 aliphatic heterocycles. The van der Waals surface area contributed by atoms with E-state index in [0.717, 1.165) is 17.9 Å². The van der Waals surface area contributed by atoms with Crippen LogP contribution in [-0.4, -0.2) is 26.2 Å². The summed E-state index contributed by atoms with van der Waals surface area (Å²) in [6, 6.07) is 2.14. The summed E-state index contributed by atoms with van der Waals surface area (Å²) >= 11 is 1.76. The summed E-state index contributed by atoms with van der Waals surface area (Å²) in [7, 11) is 1.97.